The Bertz CT molecular complexity index is 563. The molecule has 124 valence electrons. The third kappa shape index (κ3) is 3.75. The number of likely N-dealkylation sites (tertiary alicyclic amines) is 1. The van der Waals surface area contributed by atoms with Gasteiger partial charge in [-0.25, -0.2) is 9.59 Å². The van der Waals surface area contributed by atoms with Gasteiger partial charge in [-0.1, -0.05) is 30.3 Å². The number of hydrogen-bond donors (Lipinski definition) is 1. The van der Waals surface area contributed by atoms with E-state index in [1.54, 1.807) is 4.90 Å². The van der Waals surface area contributed by atoms with E-state index in [-0.39, 0.29) is 30.8 Å². The highest BCUT2D eigenvalue weighted by Crippen LogP contribution is 2.20. The van der Waals surface area contributed by atoms with Gasteiger partial charge in [-0.2, -0.15) is 0 Å². The van der Waals surface area contributed by atoms with Crippen LogP contribution in [0.5, 0.6) is 0 Å². The number of hydrogen-bond acceptors (Lipinski definition) is 3. The quantitative estimate of drug-likeness (QED) is 0.929. The van der Waals surface area contributed by atoms with E-state index in [1.165, 1.54) is 0 Å². The molecule has 3 amide bonds. The number of nitrogens with one attached hydrogen (secondary N) is 1. The zero-order valence-electron chi connectivity index (χ0n) is 13.4. The van der Waals surface area contributed by atoms with Gasteiger partial charge in [-0.05, 0) is 25.3 Å². The Morgan fingerprint density at radius 1 is 1.30 bits per heavy atom. The lowest BCUT2D eigenvalue weighted by molar-refractivity contribution is 0.0709. The Hall–Kier alpha value is -2.24. The monoisotopic (exact) mass is 317 g/mol. The fraction of sp³-hybridized carbons (Fsp3) is 0.529. The van der Waals surface area contributed by atoms with Crippen LogP contribution in [-0.2, 0) is 11.3 Å². The van der Waals surface area contributed by atoms with Crippen molar-refractivity contribution in [2.75, 3.05) is 19.6 Å². The first-order chi connectivity index (χ1) is 11.1. The number of ether oxygens (including phenoxy) is 1. The Labute approximate surface area is 136 Å². The minimum Gasteiger partial charge on any atom is -0.445 e. The second-order valence-electron chi connectivity index (χ2n) is 6.29. The number of rotatable bonds is 3. The van der Waals surface area contributed by atoms with E-state index in [4.69, 9.17) is 4.74 Å². The van der Waals surface area contributed by atoms with E-state index in [2.05, 4.69) is 5.32 Å². The summed E-state index contributed by atoms with van der Waals surface area (Å²) in [6, 6.07) is 9.87. The predicted octanol–water partition coefficient (Wildman–Crippen LogP) is 2.20. The number of nitrogens with zero attached hydrogens (tertiary/aromatic N) is 2. The Balaban J connectivity index is 1.53. The highest BCUT2D eigenvalue weighted by molar-refractivity contribution is 5.77. The molecule has 3 rings (SSSR count). The lowest BCUT2D eigenvalue weighted by Gasteiger charge is -2.36. The topological polar surface area (TPSA) is 61.9 Å². The molecule has 6 nitrogen and oxygen atoms in total. The molecule has 0 aliphatic carbocycles. The molecule has 2 aliphatic rings. The first-order valence-electron chi connectivity index (χ1n) is 8.16. The summed E-state index contributed by atoms with van der Waals surface area (Å²) in [5.41, 5.74) is 0.974. The van der Waals surface area contributed by atoms with Crippen molar-refractivity contribution < 1.29 is 14.3 Å². The number of piperidine rings is 1. The normalized spacial score (nSPS) is 24.5. The molecular formula is C17H23N3O3. The Kier molecular flexibility index (Phi) is 4.69. The largest absolute Gasteiger partial charge is 0.445 e. The van der Waals surface area contributed by atoms with Gasteiger partial charge in [0.1, 0.15) is 6.61 Å². The summed E-state index contributed by atoms with van der Waals surface area (Å²) < 4.78 is 5.39. The van der Waals surface area contributed by atoms with Gasteiger partial charge in [0.05, 0.1) is 6.04 Å². The van der Waals surface area contributed by atoms with Gasteiger partial charge in [0.25, 0.3) is 0 Å². The van der Waals surface area contributed by atoms with Crippen LogP contribution in [-0.4, -0.2) is 53.6 Å². The van der Waals surface area contributed by atoms with E-state index in [0.29, 0.717) is 19.6 Å². The molecule has 6 heteroatoms. The Morgan fingerprint density at radius 2 is 2.09 bits per heavy atom. The maximum absolute atomic E-state index is 12.3. The zero-order valence-corrected chi connectivity index (χ0v) is 13.4. The predicted molar refractivity (Wildman–Crippen MR) is 85.9 cm³/mol. The molecule has 0 aromatic heterocycles. The van der Waals surface area contributed by atoms with Crippen molar-refractivity contribution in [2.45, 2.75) is 38.5 Å². The van der Waals surface area contributed by atoms with Gasteiger partial charge in [0.15, 0.2) is 0 Å². The van der Waals surface area contributed by atoms with E-state index in [1.807, 2.05) is 42.2 Å². The summed E-state index contributed by atoms with van der Waals surface area (Å²) in [5.74, 6) is 0. The van der Waals surface area contributed by atoms with E-state index < -0.39 is 0 Å². The fourth-order valence-electron chi connectivity index (χ4n) is 3.22. The van der Waals surface area contributed by atoms with Crippen LogP contribution < -0.4 is 5.32 Å². The number of carbonyl (C=O) groups excluding carboxylic acids is 2. The van der Waals surface area contributed by atoms with Crippen LogP contribution in [0.15, 0.2) is 30.3 Å². The van der Waals surface area contributed by atoms with Crippen molar-refractivity contribution in [3.05, 3.63) is 35.9 Å². The highest BCUT2D eigenvalue weighted by atomic mass is 16.6. The Morgan fingerprint density at radius 3 is 2.78 bits per heavy atom. The first kappa shape index (κ1) is 15.6. The van der Waals surface area contributed by atoms with Crippen molar-refractivity contribution in [1.82, 2.24) is 15.1 Å². The molecule has 2 fully saturated rings. The summed E-state index contributed by atoms with van der Waals surface area (Å²) >= 11 is 0. The molecule has 2 aliphatic heterocycles. The molecule has 1 aromatic carbocycles. The molecule has 1 N–H and O–H groups in total. The van der Waals surface area contributed by atoms with Gasteiger partial charge < -0.3 is 19.9 Å². The molecule has 23 heavy (non-hydrogen) atoms. The maximum Gasteiger partial charge on any atom is 0.410 e. The van der Waals surface area contributed by atoms with Crippen molar-refractivity contribution in [2.24, 2.45) is 0 Å². The standard InChI is InChI=1S/C17H23N3O3/c1-13-10-20(16(21)18-13)15-8-5-9-19(11-15)17(22)23-12-14-6-3-2-4-7-14/h2-4,6-7,13,15H,5,8-12H2,1H3,(H,18,21)/t13-,15+/m1/s1. The second-order valence-corrected chi connectivity index (χ2v) is 6.29. The summed E-state index contributed by atoms with van der Waals surface area (Å²) in [6.07, 6.45) is 1.53. The van der Waals surface area contributed by atoms with Crippen LogP contribution in [0.25, 0.3) is 0 Å². The molecule has 0 radical (unpaired) electrons. The minimum atomic E-state index is -0.300. The fourth-order valence-corrected chi connectivity index (χ4v) is 3.22. The van der Waals surface area contributed by atoms with Crippen molar-refractivity contribution >= 4 is 12.1 Å². The second kappa shape index (κ2) is 6.89. The van der Waals surface area contributed by atoms with Gasteiger partial charge in [-0.3, -0.25) is 0 Å². The number of carbonyl (C=O) groups is 2. The van der Waals surface area contributed by atoms with Crippen LogP contribution in [0.3, 0.4) is 0 Å². The molecule has 2 saturated heterocycles. The summed E-state index contributed by atoms with van der Waals surface area (Å²) in [7, 11) is 0. The van der Waals surface area contributed by atoms with Crippen molar-refractivity contribution in [1.29, 1.82) is 0 Å². The van der Waals surface area contributed by atoms with Crippen LogP contribution in [0.1, 0.15) is 25.3 Å². The number of urea groups is 1. The number of amides is 3. The van der Waals surface area contributed by atoms with Gasteiger partial charge >= 0.3 is 12.1 Å². The number of benzene rings is 1. The highest BCUT2D eigenvalue weighted by Gasteiger charge is 2.35. The zero-order chi connectivity index (χ0) is 16.2. The SMILES string of the molecule is C[C@@H]1CN([C@H]2CCCN(C(=O)OCc3ccccc3)C2)C(=O)N1. The molecule has 2 heterocycles. The van der Waals surface area contributed by atoms with Crippen molar-refractivity contribution in [3.63, 3.8) is 0 Å². The third-order valence-electron chi connectivity index (χ3n) is 4.40. The van der Waals surface area contributed by atoms with Crippen LogP contribution >= 0.6 is 0 Å². The van der Waals surface area contributed by atoms with Crippen LogP contribution in [0.2, 0.25) is 0 Å². The van der Waals surface area contributed by atoms with E-state index >= 15 is 0 Å². The van der Waals surface area contributed by atoms with Gasteiger partial charge in [0.2, 0.25) is 0 Å². The molecular weight excluding hydrogens is 294 g/mol. The maximum atomic E-state index is 12.3. The average molecular weight is 317 g/mol. The summed E-state index contributed by atoms with van der Waals surface area (Å²) in [6.45, 7) is 4.22. The summed E-state index contributed by atoms with van der Waals surface area (Å²) in [5, 5.41) is 2.91. The lowest BCUT2D eigenvalue weighted by atomic mass is 10.0. The minimum absolute atomic E-state index is 0.0259. The smallest absolute Gasteiger partial charge is 0.410 e. The van der Waals surface area contributed by atoms with Gasteiger partial charge in [0, 0.05) is 25.7 Å². The molecule has 0 unspecified atom stereocenters. The average Bonchev–Trinajstić information content (AvgIpc) is 2.92. The molecule has 2 atom stereocenters. The van der Waals surface area contributed by atoms with Crippen LogP contribution in [0, 0.1) is 0 Å². The van der Waals surface area contributed by atoms with Crippen LogP contribution in [0.4, 0.5) is 9.59 Å². The first-order valence-corrected chi connectivity index (χ1v) is 8.16. The molecule has 0 saturated carbocycles. The third-order valence-corrected chi connectivity index (χ3v) is 4.40. The van der Waals surface area contributed by atoms with E-state index in [0.717, 1.165) is 18.4 Å². The summed E-state index contributed by atoms with van der Waals surface area (Å²) in [4.78, 5) is 27.8. The van der Waals surface area contributed by atoms with Crippen molar-refractivity contribution in [3.8, 4) is 0 Å². The molecule has 1 aromatic rings. The molecule has 0 spiro atoms. The van der Waals surface area contributed by atoms with E-state index in [9.17, 15) is 9.59 Å². The lowest BCUT2D eigenvalue weighted by Crippen LogP contribution is -2.50. The molecule has 0 bridgehead atoms. The van der Waals surface area contributed by atoms with Gasteiger partial charge in [-0.15, -0.1) is 0 Å².